The van der Waals surface area contributed by atoms with E-state index in [0.717, 1.165) is 14.0 Å². The molecular weight excluding hydrogens is 620 g/mol. The zero-order valence-electron chi connectivity index (χ0n) is 27.4. The molecule has 258 valence electrons. The number of ether oxygens (including phenoxy) is 5. The Morgan fingerprint density at radius 2 is 1.57 bits per heavy atom. The standard InChI is InChI=1S/C33H42O14/c1-14(34)44-20-10-19-31(6)24(23(38)28(39)42-7)29(4)13-32(31,40)22(26(29)45-15(2)35)27(46-16(3)36)33(19,41)18-11-21(37)47-25(30(18,20)5)17-8-9-43-12-17/h8-9,12,18-20,22-27,38,40-41H,10-11,13H2,1-7H3/t18-,19+,20-,22-,23+,24+,25+,26+,27-,29-,30+,31+,32+,33-/m1/s1. The van der Waals surface area contributed by atoms with Crippen molar-refractivity contribution in [3.63, 3.8) is 0 Å². The minimum absolute atomic E-state index is 0.109. The monoisotopic (exact) mass is 662 g/mol. The Kier molecular flexibility index (Phi) is 7.47. The van der Waals surface area contributed by atoms with Gasteiger partial charge in [-0.3, -0.25) is 19.2 Å². The van der Waals surface area contributed by atoms with E-state index in [1.54, 1.807) is 26.8 Å². The van der Waals surface area contributed by atoms with Gasteiger partial charge >= 0.3 is 29.8 Å². The third-order valence-corrected chi connectivity index (χ3v) is 12.7. The van der Waals surface area contributed by atoms with E-state index < -0.39 is 118 Å². The van der Waals surface area contributed by atoms with Crippen molar-refractivity contribution in [2.75, 3.05) is 7.11 Å². The first-order valence-electron chi connectivity index (χ1n) is 15.8. The first-order valence-corrected chi connectivity index (χ1v) is 15.8. The van der Waals surface area contributed by atoms with Crippen LogP contribution in [0.5, 0.6) is 0 Å². The van der Waals surface area contributed by atoms with E-state index in [2.05, 4.69) is 0 Å². The van der Waals surface area contributed by atoms with Gasteiger partial charge in [0.2, 0.25) is 0 Å². The summed E-state index contributed by atoms with van der Waals surface area (Å²) in [5.74, 6) is -8.67. The summed E-state index contributed by atoms with van der Waals surface area (Å²) in [4.78, 5) is 64.7. The smallest absolute Gasteiger partial charge is 0.335 e. The molecule has 1 aromatic rings. The van der Waals surface area contributed by atoms with Gasteiger partial charge in [0.1, 0.15) is 30.0 Å². The fraction of sp³-hybridized carbons (Fsp3) is 0.727. The zero-order valence-corrected chi connectivity index (χ0v) is 27.4. The fourth-order valence-electron chi connectivity index (χ4n) is 11.3. The lowest BCUT2D eigenvalue weighted by molar-refractivity contribution is -0.368. The van der Waals surface area contributed by atoms with Crippen LogP contribution >= 0.6 is 0 Å². The Balaban J connectivity index is 1.66. The quantitative estimate of drug-likeness (QED) is 0.291. The van der Waals surface area contributed by atoms with Crippen LogP contribution in [0.15, 0.2) is 23.0 Å². The number of carbonyl (C=O) groups excluding carboxylic acids is 5. The van der Waals surface area contributed by atoms with Crippen LogP contribution in [0, 0.1) is 39.9 Å². The van der Waals surface area contributed by atoms with Crippen LogP contribution < -0.4 is 0 Å². The maximum atomic E-state index is 13.5. The minimum Gasteiger partial charge on any atom is -0.472 e. The van der Waals surface area contributed by atoms with Crippen LogP contribution in [-0.2, 0) is 47.7 Å². The number of aliphatic hydroxyl groups is 3. The van der Waals surface area contributed by atoms with Crippen molar-refractivity contribution in [3.05, 3.63) is 24.2 Å². The van der Waals surface area contributed by atoms with Crippen molar-refractivity contribution in [1.82, 2.24) is 0 Å². The van der Waals surface area contributed by atoms with Crippen molar-refractivity contribution in [1.29, 1.82) is 0 Å². The molecule has 5 fully saturated rings. The van der Waals surface area contributed by atoms with E-state index in [-0.39, 0.29) is 12.8 Å². The normalized spacial score (nSPS) is 46.7. The molecule has 1 aliphatic heterocycles. The van der Waals surface area contributed by atoms with Gasteiger partial charge in [0.25, 0.3) is 0 Å². The molecule has 6 rings (SSSR count). The van der Waals surface area contributed by atoms with E-state index in [0.29, 0.717) is 5.56 Å². The second kappa shape index (κ2) is 10.5. The lowest BCUT2D eigenvalue weighted by Crippen LogP contribution is -2.83. The molecule has 4 aliphatic carbocycles. The second-order valence-corrected chi connectivity index (χ2v) is 14.7. The molecule has 0 spiro atoms. The average Bonchev–Trinajstić information content (AvgIpc) is 3.62. The molecule has 2 heterocycles. The predicted molar refractivity (Wildman–Crippen MR) is 154 cm³/mol. The van der Waals surface area contributed by atoms with E-state index in [4.69, 9.17) is 28.1 Å². The highest BCUT2D eigenvalue weighted by molar-refractivity contribution is 5.76. The highest BCUT2D eigenvalue weighted by atomic mass is 16.6. The van der Waals surface area contributed by atoms with Crippen LogP contribution in [0.25, 0.3) is 0 Å². The SMILES string of the molecule is COC(=O)[C@@H](O)[C@H]1[C@@]2(C)C[C@]3(O)[C@@H]([C@@H](OC(C)=O)[C@@]4(O)[C@@H]5CC(=O)O[C@@H](c6ccoc6)[C@]5(C)[C@H](OC(C)=O)C[C@H]4[C@@]13C)[C@@H]2OC(C)=O. The lowest BCUT2D eigenvalue weighted by Gasteiger charge is -2.72. The minimum atomic E-state index is -2.19. The highest BCUT2D eigenvalue weighted by Gasteiger charge is 2.90. The Hall–Kier alpha value is -3.49. The summed E-state index contributed by atoms with van der Waals surface area (Å²) in [5.41, 5.74) is -7.92. The van der Waals surface area contributed by atoms with E-state index in [1.807, 2.05) is 0 Å². The summed E-state index contributed by atoms with van der Waals surface area (Å²) < 4.78 is 34.0. The molecule has 14 heteroatoms. The second-order valence-electron chi connectivity index (χ2n) is 14.7. The molecule has 14 atom stereocenters. The third-order valence-electron chi connectivity index (χ3n) is 12.7. The van der Waals surface area contributed by atoms with Crippen LogP contribution in [0.4, 0.5) is 0 Å². The number of methoxy groups -OCH3 is 1. The molecule has 3 N–H and O–H groups in total. The van der Waals surface area contributed by atoms with E-state index in [1.165, 1.54) is 26.4 Å². The first kappa shape index (κ1) is 33.4. The van der Waals surface area contributed by atoms with Gasteiger partial charge in [-0.15, -0.1) is 0 Å². The zero-order chi connectivity index (χ0) is 34.6. The van der Waals surface area contributed by atoms with Crippen LogP contribution in [0.1, 0.15) is 72.5 Å². The Bertz CT molecular complexity index is 1510. The van der Waals surface area contributed by atoms with Gasteiger partial charge in [0.05, 0.1) is 43.0 Å². The highest BCUT2D eigenvalue weighted by Crippen LogP contribution is 2.81. The third kappa shape index (κ3) is 4.10. The van der Waals surface area contributed by atoms with Gasteiger partial charge in [-0.2, -0.15) is 0 Å². The maximum Gasteiger partial charge on any atom is 0.335 e. The van der Waals surface area contributed by atoms with Crippen molar-refractivity contribution in [2.24, 2.45) is 39.9 Å². The molecular formula is C33H42O14. The van der Waals surface area contributed by atoms with Gasteiger partial charge in [-0.1, -0.05) is 20.8 Å². The van der Waals surface area contributed by atoms with E-state index >= 15 is 0 Å². The largest absolute Gasteiger partial charge is 0.472 e. The van der Waals surface area contributed by atoms with E-state index in [9.17, 15) is 39.3 Å². The summed E-state index contributed by atoms with van der Waals surface area (Å²) in [6.45, 7) is 8.55. The van der Waals surface area contributed by atoms with Crippen molar-refractivity contribution >= 4 is 29.8 Å². The van der Waals surface area contributed by atoms with Crippen molar-refractivity contribution in [2.45, 2.75) is 103 Å². The molecule has 14 nitrogen and oxygen atoms in total. The van der Waals surface area contributed by atoms with Crippen LogP contribution in [-0.4, -0.2) is 87.9 Å². The summed E-state index contributed by atoms with van der Waals surface area (Å²) in [6, 6.07) is 1.59. The van der Waals surface area contributed by atoms with Crippen molar-refractivity contribution < 1.29 is 67.4 Å². The Morgan fingerprint density at radius 1 is 0.957 bits per heavy atom. The fourth-order valence-corrected chi connectivity index (χ4v) is 11.3. The summed E-state index contributed by atoms with van der Waals surface area (Å²) >= 11 is 0. The van der Waals surface area contributed by atoms with Gasteiger partial charge < -0.3 is 43.4 Å². The number of aliphatic hydroxyl groups excluding tert-OH is 1. The number of cyclic esters (lactones) is 1. The number of esters is 5. The molecule has 4 saturated carbocycles. The molecule has 0 unspecified atom stereocenters. The number of carbonyl (C=O) groups is 5. The molecule has 0 amide bonds. The predicted octanol–water partition coefficient (Wildman–Crippen LogP) is 1.38. The van der Waals surface area contributed by atoms with Gasteiger partial charge in [0, 0.05) is 54.9 Å². The number of furan rings is 1. The van der Waals surface area contributed by atoms with Crippen LogP contribution in [0.2, 0.25) is 0 Å². The summed E-state index contributed by atoms with van der Waals surface area (Å²) in [6.07, 6.45) is -4.71. The summed E-state index contributed by atoms with van der Waals surface area (Å²) in [7, 11) is 1.10. The average molecular weight is 663 g/mol. The molecule has 47 heavy (non-hydrogen) atoms. The molecule has 0 radical (unpaired) electrons. The number of hydrogen-bond donors (Lipinski definition) is 3. The lowest BCUT2D eigenvalue weighted by atomic mass is 9.36. The van der Waals surface area contributed by atoms with Gasteiger partial charge in [-0.25, -0.2) is 4.79 Å². The molecule has 1 aromatic heterocycles. The van der Waals surface area contributed by atoms with Crippen molar-refractivity contribution in [3.8, 4) is 0 Å². The number of hydrogen-bond acceptors (Lipinski definition) is 14. The van der Waals surface area contributed by atoms with Gasteiger partial charge in [0.15, 0.2) is 6.10 Å². The molecule has 1 saturated heterocycles. The molecule has 0 aromatic carbocycles. The Morgan fingerprint density at radius 3 is 2.13 bits per heavy atom. The Labute approximate surface area is 271 Å². The van der Waals surface area contributed by atoms with Gasteiger partial charge in [-0.05, 0) is 18.9 Å². The number of fused-ring (bicyclic) bond motifs is 5. The first-order chi connectivity index (χ1) is 21.8. The molecule has 5 aliphatic rings. The topological polar surface area (TPSA) is 205 Å². The van der Waals surface area contributed by atoms with Crippen LogP contribution in [0.3, 0.4) is 0 Å². The molecule has 2 bridgehead atoms. The maximum absolute atomic E-state index is 13.5. The summed E-state index contributed by atoms with van der Waals surface area (Å²) in [5, 5.41) is 38.1. The number of rotatable bonds is 6.